The molecule has 0 saturated heterocycles. The summed E-state index contributed by atoms with van der Waals surface area (Å²) in [5.74, 6) is 0.279. The standard InChI is InChI=1S/C13H20ClNO/c1-9(2)13(16)8-15-7-11-5-4-10(3)6-12(11)14/h4-6,9,13,15-16H,7-8H2,1-3H3. The van der Waals surface area contributed by atoms with Crippen molar-refractivity contribution in [1.29, 1.82) is 0 Å². The Morgan fingerprint density at radius 3 is 2.62 bits per heavy atom. The second kappa shape index (κ2) is 6.24. The fourth-order valence-corrected chi connectivity index (χ4v) is 1.69. The van der Waals surface area contributed by atoms with Crippen molar-refractivity contribution in [3.63, 3.8) is 0 Å². The van der Waals surface area contributed by atoms with E-state index in [1.54, 1.807) is 0 Å². The minimum Gasteiger partial charge on any atom is -0.392 e. The van der Waals surface area contributed by atoms with Gasteiger partial charge in [-0.05, 0) is 30.0 Å². The van der Waals surface area contributed by atoms with Crippen LogP contribution in [0.3, 0.4) is 0 Å². The maximum absolute atomic E-state index is 9.62. The molecule has 0 aliphatic rings. The van der Waals surface area contributed by atoms with Crippen molar-refractivity contribution in [2.24, 2.45) is 5.92 Å². The van der Waals surface area contributed by atoms with E-state index >= 15 is 0 Å². The summed E-state index contributed by atoms with van der Waals surface area (Å²) in [4.78, 5) is 0. The molecule has 1 unspecified atom stereocenters. The van der Waals surface area contributed by atoms with Gasteiger partial charge in [0.25, 0.3) is 0 Å². The van der Waals surface area contributed by atoms with Crippen LogP contribution in [0.2, 0.25) is 5.02 Å². The van der Waals surface area contributed by atoms with E-state index in [1.165, 1.54) is 0 Å². The van der Waals surface area contributed by atoms with E-state index < -0.39 is 0 Å². The van der Waals surface area contributed by atoms with Gasteiger partial charge in [-0.15, -0.1) is 0 Å². The molecule has 1 aromatic carbocycles. The van der Waals surface area contributed by atoms with Crippen LogP contribution in [0.4, 0.5) is 0 Å². The fourth-order valence-electron chi connectivity index (χ4n) is 1.39. The van der Waals surface area contributed by atoms with Gasteiger partial charge >= 0.3 is 0 Å². The summed E-state index contributed by atoms with van der Waals surface area (Å²) in [6.07, 6.45) is -0.302. The normalized spacial score (nSPS) is 13.1. The highest BCUT2D eigenvalue weighted by Gasteiger charge is 2.08. The molecule has 0 spiro atoms. The first-order chi connectivity index (χ1) is 7.50. The van der Waals surface area contributed by atoms with E-state index in [0.717, 1.165) is 16.1 Å². The maximum atomic E-state index is 9.62. The van der Waals surface area contributed by atoms with Gasteiger partial charge in [0.05, 0.1) is 6.10 Å². The first kappa shape index (κ1) is 13.5. The molecule has 2 N–H and O–H groups in total. The zero-order valence-corrected chi connectivity index (χ0v) is 10.9. The molecule has 2 nitrogen and oxygen atoms in total. The van der Waals surface area contributed by atoms with Crippen LogP contribution in [0.5, 0.6) is 0 Å². The van der Waals surface area contributed by atoms with Crippen molar-refractivity contribution < 1.29 is 5.11 Å². The number of hydrogen-bond acceptors (Lipinski definition) is 2. The lowest BCUT2D eigenvalue weighted by atomic mass is 10.1. The van der Waals surface area contributed by atoms with Gasteiger partial charge in [-0.25, -0.2) is 0 Å². The van der Waals surface area contributed by atoms with Crippen molar-refractivity contribution in [2.75, 3.05) is 6.54 Å². The van der Waals surface area contributed by atoms with Gasteiger partial charge in [-0.3, -0.25) is 0 Å². The number of halogens is 1. The molecule has 1 aromatic rings. The van der Waals surface area contributed by atoms with Gasteiger partial charge in [0.2, 0.25) is 0 Å². The van der Waals surface area contributed by atoms with Crippen molar-refractivity contribution in [3.05, 3.63) is 34.3 Å². The highest BCUT2D eigenvalue weighted by Crippen LogP contribution is 2.17. The Labute approximate surface area is 103 Å². The van der Waals surface area contributed by atoms with Gasteiger partial charge < -0.3 is 10.4 Å². The van der Waals surface area contributed by atoms with Crippen LogP contribution in [0.1, 0.15) is 25.0 Å². The number of aryl methyl sites for hydroxylation is 1. The first-order valence-corrected chi connectivity index (χ1v) is 6.02. The van der Waals surface area contributed by atoms with E-state index in [0.29, 0.717) is 13.1 Å². The number of aliphatic hydroxyl groups is 1. The molecule has 1 rings (SSSR count). The zero-order valence-electron chi connectivity index (χ0n) is 10.1. The Morgan fingerprint density at radius 2 is 2.06 bits per heavy atom. The smallest absolute Gasteiger partial charge is 0.0687 e. The molecular formula is C13H20ClNO. The molecule has 16 heavy (non-hydrogen) atoms. The first-order valence-electron chi connectivity index (χ1n) is 5.64. The molecule has 0 aliphatic carbocycles. The maximum Gasteiger partial charge on any atom is 0.0687 e. The second-order valence-corrected chi connectivity index (χ2v) is 4.94. The van der Waals surface area contributed by atoms with E-state index in [4.69, 9.17) is 11.6 Å². The molecule has 0 aromatic heterocycles. The van der Waals surface area contributed by atoms with Gasteiger partial charge in [-0.2, -0.15) is 0 Å². The van der Waals surface area contributed by atoms with E-state index in [1.807, 2.05) is 39.0 Å². The third kappa shape index (κ3) is 4.12. The third-order valence-corrected chi connectivity index (χ3v) is 3.00. The summed E-state index contributed by atoms with van der Waals surface area (Å²) < 4.78 is 0. The molecule has 3 heteroatoms. The molecule has 0 heterocycles. The summed E-state index contributed by atoms with van der Waals surface area (Å²) in [6, 6.07) is 6.02. The minimum atomic E-state index is -0.302. The van der Waals surface area contributed by atoms with Gasteiger partial charge in [0.1, 0.15) is 0 Å². The number of hydrogen-bond donors (Lipinski definition) is 2. The summed E-state index contributed by atoms with van der Waals surface area (Å²) >= 11 is 6.10. The zero-order chi connectivity index (χ0) is 12.1. The molecule has 0 bridgehead atoms. The van der Waals surface area contributed by atoms with Crippen LogP contribution in [-0.4, -0.2) is 17.8 Å². The molecule has 1 atom stereocenters. The van der Waals surface area contributed by atoms with Crippen LogP contribution in [0.15, 0.2) is 18.2 Å². The molecular weight excluding hydrogens is 222 g/mol. The van der Waals surface area contributed by atoms with Gasteiger partial charge in [0.15, 0.2) is 0 Å². The molecule has 90 valence electrons. The number of benzene rings is 1. The monoisotopic (exact) mass is 241 g/mol. The summed E-state index contributed by atoms with van der Waals surface area (Å²) in [5, 5.41) is 13.6. The number of aliphatic hydroxyl groups excluding tert-OH is 1. The topological polar surface area (TPSA) is 32.3 Å². The van der Waals surface area contributed by atoms with Crippen LogP contribution >= 0.6 is 11.6 Å². The molecule has 0 amide bonds. The van der Waals surface area contributed by atoms with Crippen LogP contribution in [-0.2, 0) is 6.54 Å². The van der Waals surface area contributed by atoms with Crippen LogP contribution in [0.25, 0.3) is 0 Å². The quantitative estimate of drug-likeness (QED) is 0.831. The molecule has 0 radical (unpaired) electrons. The number of nitrogens with one attached hydrogen (secondary N) is 1. The van der Waals surface area contributed by atoms with E-state index in [-0.39, 0.29) is 12.0 Å². The predicted molar refractivity (Wildman–Crippen MR) is 68.7 cm³/mol. The van der Waals surface area contributed by atoms with Gasteiger partial charge in [-0.1, -0.05) is 37.6 Å². The highest BCUT2D eigenvalue weighted by molar-refractivity contribution is 6.31. The van der Waals surface area contributed by atoms with Crippen LogP contribution < -0.4 is 5.32 Å². The molecule has 0 saturated carbocycles. The minimum absolute atomic E-state index is 0.279. The lowest BCUT2D eigenvalue weighted by Crippen LogP contribution is -2.30. The fraction of sp³-hybridized carbons (Fsp3) is 0.538. The van der Waals surface area contributed by atoms with Crippen LogP contribution in [0, 0.1) is 12.8 Å². The van der Waals surface area contributed by atoms with Crippen molar-refractivity contribution in [3.8, 4) is 0 Å². The third-order valence-electron chi connectivity index (χ3n) is 2.65. The lowest BCUT2D eigenvalue weighted by molar-refractivity contribution is 0.123. The Morgan fingerprint density at radius 1 is 1.38 bits per heavy atom. The predicted octanol–water partition coefficient (Wildman–Crippen LogP) is 2.75. The van der Waals surface area contributed by atoms with E-state index in [9.17, 15) is 5.11 Å². The van der Waals surface area contributed by atoms with Crippen molar-refractivity contribution in [1.82, 2.24) is 5.32 Å². The Balaban J connectivity index is 2.43. The Hall–Kier alpha value is -0.570. The molecule has 0 aliphatic heterocycles. The van der Waals surface area contributed by atoms with Gasteiger partial charge in [0, 0.05) is 18.1 Å². The SMILES string of the molecule is Cc1ccc(CNCC(O)C(C)C)c(Cl)c1. The largest absolute Gasteiger partial charge is 0.392 e. The number of rotatable bonds is 5. The summed E-state index contributed by atoms with van der Waals surface area (Å²) in [7, 11) is 0. The summed E-state index contributed by atoms with van der Waals surface area (Å²) in [6.45, 7) is 7.33. The lowest BCUT2D eigenvalue weighted by Gasteiger charge is -2.15. The van der Waals surface area contributed by atoms with E-state index in [2.05, 4.69) is 5.32 Å². The Bertz CT molecular complexity index is 339. The average molecular weight is 242 g/mol. The second-order valence-electron chi connectivity index (χ2n) is 4.54. The van der Waals surface area contributed by atoms with Crippen molar-refractivity contribution >= 4 is 11.6 Å². The average Bonchev–Trinajstić information content (AvgIpc) is 2.20. The van der Waals surface area contributed by atoms with Crippen molar-refractivity contribution in [2.45, 2.75) is 33.4 Å². The Kier molecular flexibility index (Phi) is 5.26. The summed E-state index contributed by atoms with van der Waals surface area (Å²) in [5.41, 5.74) is 2.24. The molecule has 0 fully saturated rings. The highest BCUT2D eigenvalue weighted by atomic mass is 35.5.